The highest BCUT2D eigenvalue weighted by atomic mass is 32.2. The van der Waals surface area contributed by atoms with Gasteiger partial charge in [-0.15, -0.1) is 0 Å². The van der Waals surface area contributed by atoms with Crippen LogP contribution in [0.1, 0.15) is 18.4 Å². The van der Waals surface area contributed by atoms with Crippen LogP contribution in [0.25, 0.3) is 0 Å². The van der Waals surface area contributed by atoms with Crippen LogP contribution >= 0.6 is 0 Å². The maximum absolute atomic E-state index is 12.2. The van der Waals surface area contributed by atoms with Gasteiger partial charge in [0.2, 0.25) is 15.9 Å². The summed E-state index contributed by atoms with van der Waals surface area (Å²) in [6.07, 6.45) is 1.60. The number of nitrogens with one attached hydrogen (secondary N) is 1. The van der Waals surface area contributed by atoms with E-state index < -0.39 is 10.0 Å². The topological polar surface area (TPSA) is 66.5 Å². The molecular formula is C14H20N2O3S. The fourth-order valence-electron chi connectivity index (χ4n) is 2.26. The number of carbonyl (C=O) groups is 1. The molecule has 0 aliphatic carbocycles. The molecule has 5 nitrogen and oxygen atoms in total. The summed E-state index contributed by atoms with van der Waals surface area (Å²) >= 11 is 0. The van der Waals surface area contributed by atoms with Crippen molar-refractivity contribution in [2.75, 3.05) is 25.4 Å². The summed E-state index contributed by atoms with van der Waals surface area (Å²) in [5.74, 6) is 0.0581. The van der Waals surface area contributed by atoms with E-state index in [0.29, 0.717) is 26.1 Å². The number of benzene rings is 1. The molecule has 1 heterocycles. The molecule has 0 unspecified atom stereocenters. The van der Waals surface area contributed by atoms with Crippen molar-refractivity contribution in [3.63, 3.8) is 0 Å². The molecule has 0 radical (unpaired) electrons. The van der Waals surface area contributed by atoms with Crippen LogP contribution in [-0.4, -0.2) is 44.0 Å². The lowest BCUT2D eigenvalue weighted by atomic mass is 10.1. The van der Waals surface area contributed by atoms with Gasteiger partial charge in [0.25, 0.3) is 0 Å². The van der Waals surface area contributed by atoms with Crippen molar-refractivity contribution in [1.29, 1.82) is 0 Å². The van der Waals surface area contributed by atoms with Crippen LogP contribution in [0.4, 0.5) is 0 Å². The van der Waals surface area contributed by atoms with Crippen molar-refractivity contribution >= 4 is 15.9 Å². The van der Waals surface area contributed by atoms with Crippen molar-refractivity contribution in [1.82, 2.24) is 9.62 Å². The predicted molar refractivity (Wildman–Crippen MR) is 77.7 cm³/mol. The molecule has 1 N–H and O–H groups in total. The average Bonchev–Trinajstić information content (AvgIpc) is 2.65. The van der Waals surface area contributed by atoms with Gasteiger partial charge in [0.05, 0.1) is 5.75 Å². The van der Waals surface area contributed by atoms with Crippen LogP contribution < -0.4 is 5.32 Å². The molecule has 0 aromatic heterocycles. The van der Waals surface area contributed by atoms with Gasteiger partial charge < -0.3 is 5.32 Å². The number of nitrogens with zero attached hydrogens (tertiary/aromatic N) is 1. The molecule has 1 saturated heterocycles. The van der Waals surface area contributed by atoms with Gasteiger partial charge >= 0.3 is 0 Å². The summed E-state index contributed by atoms with van der Waals surface area (Å²) in [6.45, 7) is 1.07. The highest BCUT2D eigenvalue weighted by Crippen LogP contribution is 2.09. The summed E-state index contributed by atoms with van der Waals surface area (Å²) in [5, 5.41) is 2.68. The van der Waals surface area contributed by atoms with Crippen LogP contribution in [0, 0.1) is 0 Å². The molecular weight excluding hydrogens is 276 g/mol. The smallest absolute Gasteiger partial charge is 0.221 e. The van der Waals surface area contributed by atoms with Crippen LogP contribution in [0.5, 0.6) is 0 Å². The molecule has 1 aromatic rings. The largest absolute Gasteiger partial charge is 0.355 e. The van der Waals surface area contributed by atoms with Crippen molar-refractivity contribution in [2.24, 2.45) is 0 Å². The summed E-state index contributed by atoms with van der Waals surface area (Å²) in [6, 6.07) is 9.86. The maximum atomic E-state index is 12.2. The first-order valence-corrected chi connectivity index (χ1v) is 8.47. The molecule has 1 aliphatic rings. The number of aryl methyl sites for hydroxylation is 1. The van der Waals surface area contributed by atoms with Crippen molar-refractivity contribution in [3.05, 3.63) is 35.9 Å². The Bertz CT molecular complexity index is 543. The number of hydrogen-bond donors (Lipinski definition) is 1. The van der Waals surface area contributed by atoms with Crippen molar-refractivity contribution in [3.8, 4) is 0 Å². The zero-order valence-corrected chi connectivity index (χ0v) is 12.2. The fourth-order valence-corrected chi connectivity index (χ4v) is 3.76. The van der Waals surface area contributed by atoms with E-state index in [9.17, 15) is 13.2 Å². The quantitative estimate of drug-likeness (QED) is 0.873. The monoisotopic (exact) mass is 296 g/mol. The van der Waals surface area contributed by atoms with Gasteiger partial charge in [-0.05, 0) is 18.4 Å². The summed E-state index contributed by atoms with van der Waals surface area (Å²) < 4.78 is 25.9. The third-order valence-corrected chi connectivity index (χ3v) is 5.33. The molecule has 20 heavy (non-hydrogen) atoms. The second-order valence-electron chi connectivity index (χ2n) is 4.90. The summed E-state index contributed by atoms with van der Waals surface area (Å²) in [7, 11) is -3.26. The van der Waals surface area contributed by atoms with Gasteiger partial charge in [-0.2, -0.15) is 4.31 Å². The first-order valence-electron chi connectivity index (χ1n) is 6.86. The molecule has 6 heteroatoms. The van der Waals surface area contributed by atoms with Gasteiger partial charge in [0.15, 0.2) is 0 Å². The van der Waals surface area contributed by atoms with E-state index >= 15 is 0 Å². The second-order valence-corrected chi connectivity index (χ2v) is 6.99. The molecule has 1 aromatic carbocycles. The van der Waals surface area contributed by atoms with E-state index in [1.54, 1.807) is 0 Å². The van der Waals surface area contributed by atoms with E-state index in [-0.39, 0.29) is 18.1 Å². The molecule has 0 spiro atoms. The Hall–Kier alpha value is -1.40. The van der Waals surface area contributed by atoms with E-state index in [2.05, 4.69) is 5.32 Å². The first kappa shape index (κ1) is 15.0. The fraction of sp³-hybridized carbons (Fsp3) is 0.500. The molecule has 1 fully saturated rings. The lowest BCUT2D eigenvalue weighted by Gasteiger charge is -2.19. The molecule has 0 atom stereocenters. The number of amides is 1. The van der Waals surface area contributed by atoms with E-state index in [0.717, 1.165) is 12.0 Å². The highest BCUT2D eigenvalue weighted by Gasteiger charge is 2.24. The van der Waals surface area contributed by atoms with E-state index in [1.807, 2.05) is 30.3 Å². The van der Waals surface area contributed by atoms with Gasteiger partial charge in [-0.3, -0.25) is 4.79 Å². The van der Waals surface area contributed by atoms with Gasteiger partial charge in [-0.25, -0.2) is 8.42 Å². The lowest BCUT2D eigenvalue weighted by molar-refractivity contribution is -0.120. The molecule has 2 rings (SSSR count). The van der Waals surface area contributed by atoms with Gasteiger partial charge in [0.1, 0.15) is 0 Å². The van der Waals surface area contributed by atoms with Gasteiger partial charge in [-0.1, -0.05) is 30.3 Å². The Labute approximate surface area is 120 Å². The Balaban J connectivity index is 1.85. The zero-order valence-electron chi connectivity index (χ0n) is 11.4. The van der Waals surface area contributed by atoms with E-state index in [4.69, 9.17) is 0 Å². The Morgan fingerprint density at radius 2 is 1.90 bits per heavy atom. The first-order chi connectivity index (χ1) is 9.58. The summed E-state index contributed by atoms with van der Waals surface area (Å²) in [4.78, 5) is 11.2. The van der Waals surface area contributed by atoms with Gasteiger partial charge in [0, 0.05) is 26.1 Å². The minimum absolute atomic E-state index is 0.0769. The van der Waals surface area contributed by atoms with Crippen LogP contribution in [0.2, 0.25) is 0 Å². The summed E-state index contributed by atoms with van der Waals surface area (Å²) in [5.41, 5.74) is 1.15. The van der Waals surface area contributed by atoms with Crippen LogP contribution in [-0.2, 0) is 21.2 Å². The SMILES string of the molecule is O=C1CCN(S(=O)(=O)CCCc2ccccc2)CCN1. The minimum atomic E-state index is -3.26. The number of hydrogen-bond acceptors (Lipinski definition) is 3. The Morgan fingerprint density at radius 3 is 2.65 bits per heavy atom. The average molecular weight is 296 g/mol. The molecule has 1 amide bonds. The maximum Gasteiger partial charge on any atom is 0.221 e. The predicted octanol–water partition coefficient (Wildman–Crippen LogP) is 0.771. The standard InChI is InChI=1S/C14H20N2O3S/c17-14-8-10-16(11-9-15-14)20(18,19)12-4-7-13-5-2-1-3-6-13/h1-3,5-6H,4,7-12H2,(H,15,17). The number of sulfonamides is 1. The van der Waals surface area contributed by atoms with Crippen LogP contribution in [0.3, 0.4) is 0 Å². The van der Waals surface area contributed by atoms with E-state index in [1.165, 1.54) is 4.31 Å². The van der Waals surface area contributed by atoms with Crippen molar-refractivity contribution < 1.29 is 13.2 Å². The highest BCUT2D eigenvalue weighted by molar-refractivity contribution is 7.89. The number of carbonyl (C=O) groups excluding carboxylic acids is 1. The number of rotatable bonds is 5. The molecule has 1 aliphatic heterocycles. The minimum Gasteiger partial charge on any atom is -0.355 e. The Morgan fingerprint density at radius 1 is 1.15 bits per heavy atom. The lowest BCUT2D eigenvalue weighted by Crippen LogP contribution is -2.36. The zero-order chi connectivity index (χ0) is 14.4. The van der Waals surface area contributed by atoms with Crippen molar-refractivity contribution in [2.45, 2.75) is 19.3 Å². The second kappa shape index (κ2) is 6.85. The normalized spacial score (nSPS) is 17.5. The molecule has 110 valence electrons. The molecule has 0 saturated carbocycles. The third kappa shape index (κ3) is 4.31. The molecule has 0 bridgehead atoms. The Kier molecular flexibility index (Phi) is 5.14. The third-order valence-electron chi connectivity index (χ3n) is 3.38. The van der Waals surface area contributed by atoms with Crippen LogP contribution in [0.15, 0.2) is 30.3 Å².